The van der Waals surface area contributed by atoms with Crippen LogP contribution in [0.2, 0.25) is 0 Å². The molecule has 4 atom stereocenters. The summed E-state index contributed by atoms with van der Waals surface area (Å²) in [7, 11) is 0. The molecule has 3 aromatic carbocycles. The number of carbonyl (C=O) groups is 5. The van der Waals surface area contributed by atoms with Crippen molar-refractivity contribution in [2.45, 2.75) is 75.5 Å². The maximum Gasteiger partial charge on any atom is 0.250 e. The average Bonchev–Trinajstić information content (AvgIpc) is 4.11. The number of amides is 5. The minimum atomic E-state index is -0.848. The molecule has 56 heavy (non-hydrogen) atoms. The van der Waals surface area contributed by atoms with Crippen LogP contribution in [0.1, 0.15) is 97.7 Å². The highest BCUT2D eigenvalue weighted by Gasteiger charge is 2.41. The lowest BCUT2D eigenvalue weighted by Crippen LogP contribution is -2.48. The van der Waals surface area contributed by atoms with Crippen LogP contribution in [0, 0.1) is 23.7 Å². The summed E-state index contributed by atoms with van der Waals surface area (Å²) in [6.45, 7) is 1.00. The number of hydrogen-bond acceptors (Lipinski definition) is 6. The average molecular weight is 752 g/mol. The Bertz CT molecular complexity index is 2150. The molecule has 286 valence electrons. The van der Waals surface area contributed by atoms with Crippen LogP contribution < -0.4 is 16.0 Å². The van der Waals surface area contributed by atoms with Crippen molar-refractivity contribution in [3.05, 3.63) is 119 Å². The monoisotopic (exact) mass is 751 g/mol. The molecule has 2 saturated carbocycles. The number of benzene rings is 3. The zero-order chi connectivity index (χ0) is 38.6. The van der Waals surface area contributed by atoms with Gasteiger partial charge in [-0.3, -0.25) is 24.0 Å². The third kappa shape index (κ3) is 8.37. The smallest absolute Gasteiger partial charge is 0.250 e. The van der Waals surface area contributed by atoms with E-state index in [0.717, 1.165) is 49.7 Å². The number of H-pyrrole nitrogens is 1. The van der Waals surface area contributed by atoms with E-state index in [0.29, 0.717) is 48.7 Å². The van der Waals surface area contributed by atoms with Crippen LogP contribution in [0.25, 0.3) is 0 Å². The second-order valence-corrected chi connectivity index (χ2v) is 15.1. The molecule has 0 spiro atoms. The van der Waals surface area contributed by atoms with E-state index in [1.165, 1.54) is 0 Å². The first-order chi connectivity index (χ1) is 27.3. The highest BCUT2D eigenvalue weighted by Crippen LogP contribution is 2.35. The van der Waals surface area contributed by atoms with Crippen LogP contribution in [0.5, 0.6) is 0 Å². The Kier molecular flexibility index (Phi) is 10.7. The van der Waals surface area contributed by atoms with Gasteiger partial charge in [-0.1, -0.05) is 66.6 Å². The van der Waals surface area contributed by atoms with Gasteiger partial charge in [0, 0.05) is 36.2 Å². The Hall–Kier alpha value is -6.22. The van der Waals surface area contributed by atoms with Gasteiger partial charge in [0.1, 0.15) is 29.6 Å². The number of carbonyl (C=O) groups excluding carboxylic acids is 5. The standard InChI is InChI=1S/C44H45N7O5/c52-40(31-18-19-31)48-37(29-9-3-1-4-10-29)43(55)50-25-7-13-35(50)39-45-27-34(46-39)24-17-28-15-22-33(23-16-28)47-42(54)36-14-8-26-51(36)44(56)38(30-11-5-2-6-12-30)49-41(53)32-20-21-32/h1-6,9-12,15-16,22-23,27,31-32,35-38H,7-8,13-14,18-21,25-26H2,(H,45,46)(H,47,54)(H,48,52)(H,49,53). The van der Waals surface area contributed by atoms with Gasteiger partial charge >= 0.3 is 0 Å². The van der Waals surface area contributed by atoms with Crippen LogP contribution in [0.3, 0.4) is 0 Å². The van der Waals surface area contributed by atoms with E-state index in [4.69, 9.17) is 0 Å². The van der Waals surface area contributed by atoms with Crippen molar-refractivity contribution in [1.82, 2.24) is 30.4 Å². The van der Waals surface area contributed by atoms with Crippen molar-refractivity contribution in [3.63, 3.8) is 0 Å². The van der Waals surface area contributed by atoms with Gasteiger partial charge in [0.15, 0.2) is 0 Å². The molecular weight excluding hydrogens is 707 g/mol. The fourth-order valence-corrected chi connectivity index (χ4v) is 7.60. The maximum absolute atomic E-state index is 14.0. The Morgan fingerprint density at radius 2 is 1.20 bits per heavy atom. The second-order valence-electron chi connectivity index (χ2n) is 15.1. The second kappa shape index (κ2) is 16.3. The molecule has 2 aliphatic heterocycles. The summed E-state index contributed by atoms with van der Waals surface area (Å²) >= 11 is 0. The summed E-state index contributed by atoms with van der Waals surface area (Å²) in [6.07, 6.45) is 7.81. The molecule has 4 aliphatic rings. The summed E-state index contributed by atoms with van der Waals surface area (Å²) in [5.74, 6) is 5.94. The molecule has 0 radical (unpaired) electrons. The fourth-order valence-electron chi connectivity index (χ4n) is 7.60. The van der Waals surface area contributed by atoms with E-state index in [-0.39, 0.29) is 47.4 Å². The molecule has 3 heterocycles. The quantitative estimate of drug-likeness (QED) is 0.159. The summed E-state index contributed by atoms with van der Waals surface area (Å²) in [5.41, 5.74) is 3.36. The molecule has 2 aliphatic carbocycles. The minimum absolute atomic E-state index is 0.0169. The molecule has 4 unspecified atom stereocenters. The maximum atomic E-state index is 14.0. The van der Waals surface area contributed by atoms with Crippen molar-refractivity contribution >= 4 is 35.2 Å². The fraction of sp³-hybridized carbons (Fsp3) is 0.364. The van der Waals surface area contributed by atoms with Gasteiger partial charge in [-0.15, -0.1) is 0 Å². The summed E-state index contributed by atoms with van der Waals surface area (Å²) in [4.78, 5) is 78.1. The van der Waals surface area contributed by atoms with Gasteiger partial charge in [0.2, 0.25) is 29.5 Å². The van der Waals surface area contributed by atoms with Gasteiger partial charge < -0.3 is 30.7 Å². The zero-order valence-electron chi connectivity index (χ0n) is 31.1. The predicted molar refractivity (Wildman–Crippen MR) is 208 cm³/mol. The van der Waals surface area contributed by atoms with Crippen molar-refractivity contribution in [1.29, 1.82) is 0 Å². The number of anilines is 1. The zero-order valence-corrected chi connectivity index (χ0v) is 31.1. The number of hydrogen-bond donors (Lipinski definition) is 4. The number of aromatic nitrogens is 2. The highest BCUT2D eigenvalue weighted by atomic mass is 16.2. The van der Waals surface area contributed by atoms with Crippen LogP contribution >= 0.6 is 0 Å². The van der Waals surface area contributed by atoms with Gasteiger partial charge in [-0.05, 0) is 92.7 Å². The lowest BCUT2D eigenvalue weighted by Gasteiger charge is -2.29. The number of nitrogens with zero attached hydrogens (tertiary/aromatic N) is 3. The van der Waals surface area contributed by atoms with Crippen molar-refractivity contribution in [2.24, 2.45) is 11.8 Å². The van der Waals surface area contributed by atoms with Crippen LogP contribution in [-0.4, -0.2) is 68.4 Å². The molecule has 12 nitrogen and oxygen atoms in total. The summed E-state index contributed by atoms with van der Waals surface area (Å²) < 4.78 is 0. The van der Waals surface area contributed by atoms with E-state index < -0.39 is 18.1 Å². The molecule has 0 bridgehead atoms. The number of likely N-dealkylation sites (tertiary alicyclic amines) is 2. The molecular formula is C44H45N7O5. The Balaban J connectivity index is 0.894. The number of imidazole rings is 1. The third-order valence-electron chi connectivity index (χ3n) is 11.0. The first kappa shape index (κ1) is 36.7. The molecule has 5 amide bonds. The van der Waals surface area contributed by atoms with Crippen LogP contribution in [-0.2, 0) is 24.0 Å². The van der Waals surface area contributed by atoms with Crippen molar-refractivity contribution in [3.8, 4) is 11.8 Å². The van der Waals surface area contributed by atoms with Gasteiger partial charge in [-0.2, -0.15) is 0 Å². The highest BCUT2D eigenvalue weighted by molar-refractivity contribution is 5.99. The van der Waals surface area contributed by atoms with E-state index in [1.807, 2.05) is 77.7 Å². The van der Waals surface area contributed by atoms with Gasteiger partial charge in [0.25, 0.3) is 0 Å². The van der Waals surface area contributed by atoms with Gasteiger partial charge in [0.05, 0.1) is 12.2 Å². The first-order valence-corrected chi connectivity index (χ1v) is 19.6. The Morgan fingerprint density at radius 3 is 1.79 bits per heavy atom. The van der Waals surface area contributed by atoms with E-state index >= 15 is 0 Å². The first-order valence-electron chi connectivity index (χ1n) is 19.6. The van der Waals surface area contributed by atoms with E-state index in [1.54, 1.807) is 23.2 Å². The van der Waals surface area contributed by atoms with Crippen LogP contribution in [0.15, 0.2) is 91.1 Å². The normalized spacial score (nSPS) is 20.0. The predicted octanol–water partition coefficient (Wildman–Crippen LogP) is 4.94. The molecule has 1 aromatic heterocycles. The van der Waals surface area contributed by atoms with E-state index in [9.17, 15) is 24.0 Å². The number of aromatic amines is 1. The van der Waals surface area contributed by atoms with Crippen molar-refractivity contribution in [2.75, 3.05) is 18.4 Å². The lowest BCUT2D eigenvalue weighted by atomic mass is 10.0. The number of nitrogens with one attached hydrogen (secondary N) is 4. The molecule has 4 aromatic rings. The molecule has 2 saturated heterocycles. The van der Waals surface area contributed by atoms with Crippen molar-refractivity contribution < 1.29 is 24.0 Å². The molecule has 4 fully saturated rings. The van der Waals surface area contributed by atoms with Crippen LogP contribution in [0.4, 0.5) is 5.69 Å². The largest absolute Gasteiger partial charge is 0.340 e. The topological polar surface area (TPSA) is 157 Å². The Labute approximate surface area is 325 Å². The van der Waals surface area contributed by atoms with E-state index in [2.05, 4.69) is 37.8 Å². The SMILES string of the molecule is O=C(NC(C(=O)N1CCCC1C(=O)Nc1ccc(C#Cc2cnc(C3CCCN3C(=O)C(NC(=O)C3CC3)c3ccccc3)[nH]2)cc1)c1ccccc1)C1CC1. The lowest BCUT2D eigenvalue weighted by molar-refractivity contribution is -0.140. The molecule has 8 rings (SSSR count). The summed E-state index contributed by atoms with van der Waals surface area (Å²) in [6, 6.07) is 23.2. The summed E-state index contributed by atoms with van der Waals surface area (Å²) in [5, 5.41) is 8.91. The molecule has 12 heteroatoms. The molecule has 4 N–H and O–H groups in total. The third-order valence-corrected chi connectivity index (χ3v) is 11.0. The minimum Gasteiger partial charge on any atom is -0.340 e. The Morgan fingerprint density at radius 1 is 0.643 bits per heavy atom. The van der Waals surface area contributed by atoms with Gasteiger partial charge in [-0.25, -0.2) is 4.98 Å². The number of rotatable bonds is 11.